The third-order valence-electron chi connectivity index (χ3n) is 7.89. The van der Waals surface area contributed by atoms with Crippen LogP contribution in [0.3, 0.4) is 0 Å². The molecule has 1 unspecified atom stereocenters. The maximum Gasteiger partial charge on any atom is 0.419 e. The Hall–Kier alpha value is -4.39. The number of para-hydroxylation sites is 1. The minimum Gasteiger partial charge on any atom is -0.464 e. The van der Waals surface area contributed by atoms with Gasteiger partial charge < -0.3 is 34.7 Å². The highest BCUT2D eigenvalue weighted by Gasteiger charge is 2.76. The van der Waals surface area contributed by atoms with Crippen molar-refractivity contribution in [3.8, 4) is 0 Å². The van der Waals surface area contributed by atoms with Crippen LogP contribution in [-0.4, -0.2) is 75.2 Å². The number of benzene rings is 1. The van der Waals surface area contributed by atoms with Gasteiger partial charge in [0.1, 0.15) is 22.8 Å². The lowest BCUT2D eigenvalue weighted by atomic mass is 9.88. The van der Waals surface area contributed by atoms with Gasteiger partial charge in [-0.2, -0.15) is 0 Å². The number of rotatable bonds is 9. The predicted molar refractivity (Wildman–Crippen MR) is 165 cm³/mol. The first-order valence-corrected chi connectivity index (χ1v) is 15.2. The van der Waals surface area contributed by atoms with Gasteiger partial charge in [0, 0.05) is 36.3 Å². The molecule has 6 atom stereocenters. The minimum atomic E-state index is -1.78. The molecule has 2 fully saturated rings. The van der Waals surface area contributed by atoms with Gasteiger partial charge in [0.25, 0.3) is 0 Å². The van der Waals surface area contributed by atoms with Gasteiger partial charge >= 0.3 is 24.1 Å². The van der Waals surface area contributed by atoms with Gasteiger partial charge in [-0.05, 0) is 60.1 Å². The Morgan fingerprint density at radius 2 is 1.74 bits per heavy atom. The van der Waals surface area contributed by atoms with Gasteiger partial charge in [-0.1, -0.05) is 24.8 Å². The maximum absolute atomic E-state index is 14.2. The predicted octanol–water partition coefficient (Wildman–Crippen LogP) is 3.59. The zero-order valence-electron chi connectivity index (χ0n) is 27.2. The van der Waals surface area contributed by atoms with Gasteiger partial charge in [0.2, 0.25) is 5.91 Å². The average molecular weight is 642 g/mol. The summed E-state index contributed by atoms with van der Waals surface area (Å²) in [5, 5.41) is 16.8. The number of amides is 2. The normalized spacial score (nSPS) is 24.3. The van der Waals surface area contributed by atoms with Crippen molar-refractivity contribution in [1.29, 1.82) is 0 Å². The Kier molecular flexibility index (Phi) is 9.58. The van der Waals surface area contributed by atoms with E-state index in [-0.39, 0.29) is 19.4 Å². The van der Waals surface area contributed by atoms with Crippen molar-refractivity contribution >= 4 is 40.9 Å². The Labute approximate surface area is 267 Å². The Bertz CT molecular complexity index is 1530. The van der Waals surface area contributed by atoms with Gasteiger partial charge in [-0.3, -0.25) is 14.2 Å². The quantitative estimate of drug-likeness (QED) is 0.209. The maximum atomic E-state index is 14.2. The average Bonchev–Trinajstić information content (AvgIpc) is 3.50. The molecule has 46 heavy (non-hydrogen) atoms. The summed E-state index contributed by atoms with van der Waals surface area (Å²) < 4.78 is 22.6. The van der Waals surface area contributed by atoms with Crippen LogP contribution in [0.5, 0.6) is 0 Å². The molecule has 0 aliphatic heterocycles. The van der Waals surface area contributed by atoms with E-state index in [9.17, 15) is 29.1 Å². The molecule has 13 heteroatoms. The molecule has 2 amide bonds. The highest BCUT2D eigenvalue weighted by molar-refractivity contribution is 5.96. The fraction of sp³-hybridized carbons (Fsp3) is 0.545. The third-order valence-corrected chi connectivity index (χ3v) is 7.89. The molecule has 1 heterocycles. The number of ether oxygens (including phenoxy) is 4. The fourth-order valence-corrected chi connectivity index (χ4v) is 6.24. The van der Waals surface area contributed by atoms with E-state index in [2.05, 4.69) is 17.2 Å². The summed E-state index contributed by atoms with van der Waals surface area (Å²) in [6.07, 6.45) is -0.468. The zero-order chi connectivity index (χ0) is 34.2. The van der Waals surface area contributed by atoms with Crippen LogP contribution in [0.15, 0.2) is 43.3 Å². The second-order valence-electron chi connectivity index (χ2n) is 13.6. The van der Waals surface area contributed by atoms with E-state index >= 15 is 0 Å². The van der Waals surface area contributed by atoms with Crippen molar-refractivity contribution in [2.24, 2.45) is 17.8 Å². The number of alkyl carbamates (subject to hydrolysis) is 1. The molecule has 250 valence electrons. The van der Waals surface area contributed by atoms with Crippen molar-refractivity contribution in [1.82, 2.24) is 15.2 Å². The number of carbonyl (C=O) groups is 5. The molecular formula is C33H43N3O10. The molecule has 0 radical (unpaired) electrons. The largest absolute Gasteiger partial charge is 0.464 e. The number of fused-ring (bicyclic) bond motifs is 2. The molecule has 1 aromatic carbocycles. The van der Waals surface area contributed by atoms with Gasteiger partial charge in [0.15, 0.2) is 0 Å². The summed E-state index contributed by atoms with van der Waals surface area (Å²) in [5.41, 5.74) is -2.40. The zero-order valence-corrected chi connectivity index (χ0v) is 27.2. The van der Waals surface area contributed by atoms with Gasteiger partial charge in [0.05, 0.1) is 30.4 Å². The summed E-state index contributed by atoms with van der Waals surface area (Å²) >= 11 is 0. The SMILES string of the molecule is C=COC(=O)[C@H]1[C@H]2[C@@H]1C(NC(=O)[C@H](Cc1cn(C(=O)OC(C)(C)C)c3ccccc13)NC(=O)OC(C)(C)C)(C(=O)OCC)C[C@@H]2O. The third kappa shape index (κ3) is 7.19. The summed E-state index contributed by atoms with van der Waals surface area (Å²) in [5.74, 6) is -4.64. The number of nitrogens with one attached hydrogen (secondary N) is 2. The summed E-state index contributed by atoms with van der Waals surface area (Å²) in [7, 11) is 0. The summed E-state index contributed by atoms with van der Waals surface area (Å²) in [4.78, 5) is 66.4. The van der Waals surface area contributed by atoms with E-state index in [1.54, 1.807) is 72.7 Å². The molecule has 0 saturated heterocycles. The molecular weight excluding hydrogens is 598 g/mol. The minimum absolute atomic E-state index is 0.0184. The van der Waals surface area contributed by atoms with Crippen molar-refractivity contribution in [3.05, 3.63) is 48.9 Å². The Morgan fingerprint density at radius 3 is 2.35 bits per heavy atom. The van der Waals surface area contributed by atoms with Crippen molar-refractivity contribution in [2.45, 2.75) is 90.2 Å². The first-order valence-electron chi connectivity index (χ1n) is 15.2. The van der Waals surface area contributed by atoms with E-state index in [1.807, 2.05) is 0 Å². The van der Waals surface area contributed by atoms with Crippen molar-refractivity contribution < 1.29 is 48.0 Å². The number of nitrogens with zero attached hydrogens (tertiary/aromatic N) is 1. The Balaban J connectivity index is 1.72. The second-order valence-corrected chi connectivity index (χ2v) is 13.6. The van der Waals surface area contributed by atoms with Crippen LogP contribution in [0.2, 0.25) is 0 Å². The lowest BCUT2D eigenvalue weighted by Crippen LogP contribution is -2.62. The molecule has 1 aromatic heterocycles. The lowest BCUT2D eigenvalue weighted by Gasteiger charge is -2.33. The van der Waals surface area contributed by atoms with Crippen LogP contribution in [0.4, 0.5) is 9.59 Å². The Morgan fingerprint density at radius 1 is 1.09 bits per heavy atom. The van der Waals surface area contributed by atoms with Crippen LogP contribution in [0, 0.1) is 17.8 Å². The summed E-state index contributed by atoms with van der Waals surface area (Å²) in [6.45, 7) is 15.2. The number of carbonyl (C=O) groups excluding carboxylic acids is 5. The van der Waals surface area contributed by atoms with Crippen LogP contribution in [-0.2, 0) is 39.8 Å². The molecule has 3 N–H and O–H groups in total. The molecule has 2 aliphatic carbocycles. The molecule has 2 aliphatic rings. The number of hydrogen-bond acceptors (Lipinski definition) is 10. The monoisotopic (exact) mass is 641 g/mol. The number of aromatic nitrogens is 1. The van der Waals surface area contributed by atoms with Gasteiger partial charge in [-0.25, -0.2) is 14.4 Å². The second kappa shape index (κ2) is 12.8. The molecule has 4 rings (SSSR count). The van der Waals surface area contributed by atoms with Crippen LogP contribution < -0.4 is 10.6 Å². The van der Waals surface area contributed by atoms with E-state index in [0.717, 1.165) is 6.26 Å². The molecule has 2 saturated carbocycles. The van der Waals surface area contributed by atoms with Crippen LogP contribution in [0.1, 0.15) is 60.5 Å². The van der Waals surface area contributed by atoms with Crippen molar-refractivity contribution in [2.75, 3.05) is 6.61 Å². The van der Waals surface area contributed by atoms with Crippen LogP contribution >= 0.6 is 0 Å². The number of hydrogen-bond donors (Lipinski definition) is 3. The van der Waals surface area contributed by atoms with E-state index in [1.165, 1.54) is 10.8 Å². The van der Waals surface area contributed by atoms with Crippen LogP contribution in [0.25, 0.3) is 10.9 Å². The first-order chi connectivity index (χ1) is 21.4. The number of aliphatic hydroxyl groups is 1. The summed E-state index contributed by atoms with van der Waals surface area (Å²) in [6, 6.07) is 5.70. The van der Waals surface area contributed by atoms with E-state index in [0.29, 0.717) is 16.5 Å². The molecule has 13 nitrogen and oxygen atoms in total. The highest BCUT2D eigenvalue weighted by Crippen LogP contribution is 2.63. The molecule has 2 aromatic rings. The van der Waals surface area contributed by atoms with E-state index < -0.39 is 76.7 Å². The lowest BCUT2D eigenvalue weighted by molar-refractivity contribution is -0.156. The molecule has 0 spiro atoms. The first kappa shape index (κ1) is 34.5. The van der Waals surface area contributed by atoms with Gasteiger partial charge in [-0.15, -0.1) is 0 Å². The fourth-order valence-electron chi connectivity index (χ4n) is 6.24. The smallest absolute Gasteiger partial charge is 0.419 e. The van der Waals surface area contributed by atoms with Crippen molar-refractivity contribution in [3.63, 3.8) is 0 Å². The molecule has 0 bridgehead atoms. The number of esters is 2. The topological polar surface area (TPSA) is 171 Å². The standard InChI is InChI=1S/C33H43N3O10/c1-9-43-27(39)24-23-22(37)16-33(25(23)24,28(40)44-10-2)35-26(38)20(34-29(41)45-31(3,4)5)15-18-17-36(30(42)46-32(6,7)8)21-14-12-11-13-19(18)21/h9,11-14,17,20,22-25,37H,1,10,15-16H2,2-8H3,(H,34,41)(H,35,38)/t20-,22-,23-,24-,25-,33?/m0/s1. The highest BCUT2D eigenvalue weighted by atomic mass is 16.6. The number of aliphatic hydroxyl groups excluding tert-OH is 1. The van der Waals surface area contributed by atoms with E-state index in [4.69, 9.17) is 18.9 Å².